The average Bonchev–Trinajstić information content (AvgIpc) is 2.70. The predicted molar refractivity (Wildman–Crippen MR) is 106 cm³/mol. The molecule has 0 aliphatic heterocycles. The lowest BCUT2D eigenvalue weighted by Crippen LogP contribution is -2.22. The van der Waals surface area contributed by atoms with E-state index in [4.69, 9.17) is 23.2 Å². The van der Waals surface area contributed by atoms with Gasteiger partial charge in [-0.15, -0.1) is 0 Å². The number of aliphatic hydroxyl groups is 1. The van der Waals surface area contributed by atoms with Gasteiger partial charge in [0, 0.05) is 44.1 Å². The largest absolute Gasteiger partial charge is 0.390 e. The summed E-state index contributed by atoms with van der Waals surface area (Å²) < 4.78 is 2.17. The Morgan fingerprint density at radius 2 is 1.43 bits per heavy atom. The first kappa shape index (κ1) is 17.0. The summed E-state index contributed by atoms with van der Waals surface area (Å²) in [5.74, 6) is 0.829. The van der Waals surface area contributed by atoms with E-state index in [0.29, 0.717) is 16.6 Å². The second-order valence-corrected chi connectivity index (χ2v) is 12.2. The maximum absolute atomic E-state index is 10.5. The van der Waals surface area contributed by atoms with Gasteiger partial charge < -0.3 is 9.67 Å². The first-order chi connectivity index (χ1) is 10.7. The van der Waals surface area contributed by atoms with Crippen LogP contribution in [-0.4, -0.2) is 40.3 Å². The fraction of sp³-hybridized carbons (Fsp3) is 0.333. The summed E-state index contributed by atoms with van der Waals surface area (Å²) in [5.41, 5.74) is 2.16. The van der Waals surface area contributed by atoms with E-state index >= 15 is 0 Å². The maximum atomic E-state index is 10.5. The van der Waals surface area contributed by atoms with Crippen molar-refractivity contribution < 1.29 is 5.11 Å². The third kappa shape index (κ3) is 3.63. The Balaban J connectivity index is 2.14. The van der Waals surface area contributed by atoms with Crippen molar-refractivity contribution in [1.29, 1.82) is 0 Å². The monoisotopic (exact) mass is 369 g/mol. The van der Waals surface area contributed by atoms with E-state index in [1.54, 1.807) is 0 Å². The third-order valence-electron chi connectivity index (χ3n) is 3.87. The minimum Gasteiger partial charge on any atom is -0.390 e. The summed E-state index contributed by atoms with van der Waals surface area (Å²) in [4.78, 5) is 0. The van der Waals surface area contributed by atoms with Crippen LogP contribution in [0.2, 0.25) is 10.0 Å². The molecule has 0 saturated carbocycles. The fourth-order valence-corrected chi connectivity index (χ4v) is 4.69. The Hall–Kier alpha value is -0.870. The van der Waals surface area contributed by atoms with Gasteiger partial charge in [0.15, 0.2) is 0 Å². The summed E-state index contributed by atoms with van der Waals surface area (Å²) >= 11 is 12.3. The van der Waals surface area contributed by atoms with Crippen molar-refractivity contribution in [3.05, 3.63) is 46.4 Å². The van der Waals surface area contributed by atoms with Gasteiger partial charge in [0.05, 0.1) is 6.10 Å². The fourth-order valence-electron chi connectivity index (χ4n) is 3.09. The van der Waals surface area contributed by atoms with E-state index in [0.717, 1.165) is 27.6 Å². The van der Waals surface area contributed by atoms with Gasteiger partial charge >= 0.3 is 0 Å². The van der Waals surface area contributed by atoms with E-state index in [2.05, 4.69) is 23.3 Å². The molecular formula is C18H21Cl2NOS. The van der Waals surface area contributed by atoms with Gasteiger partial charge in [0.2, 0.25) is 0 Å². The van der Waals surface area contributed by atoms with Crippen molar-refractivity contribution in [2.75, 3.05) is 24.5 Å². The first-order valence-corrected chi connectivity index (χ1v) is 11.2. The van der Waals surface area contributed by atoms with Crippen molar-refractivity contribution >= 4 is 55.0 Å². The van der Waals surface area contributed by atoms with E-state index < -0.39 is 10.0 Å². The van der Waals surface area contributed by atoms with Crippen LogP contribution in [0.3, 0.4) is 0 Å². The van der Waals surface area contributed by atoms with Crippen LogP contribution in [0, 0.1) is 0 Å². The number of rotatable bonds is 4. The van der Waals surface area contributed by atoms with Gasteiger partial charge in [-0.25, -0.2) is 10.0 Å². The highest BCUT2D eigenvalue weighted by molar-refractivity contribution is 8.32. The van der Waals surface area contributed by atoms with Crippen LogP contribution >= 0.6 is 33.2 Å². The van der Waals surface area contributed by atoms with Gasteiger partial charge in [-0.1, -0.05) is 23.2 Å². The van der Waals surface area contributed by atoms with E-state index in [1.807, 2.05) is 36.4 Å². The molecule has 1 aromatic heterocycles. The van der Waals surface area contributed by atoms with Crippen molar-refractivity contribution in [3.8, 4) is 0 Å². The first-order valence-electron chi connectivity index (χ1n) is 7.46. The van der Waals surface area contributed by atoms with Gasteiger partial charge in [0.25, 0.3) is 0 Å². The summed E-state index contributed by atoms with van der Waals surface area (Å²) in [6.45, 7) is 0.577. The number of hydrogen-bond donors (Lipinski definition) is 1. The quantitative estimate of drug-likeness (QED) is 0.675. The Labute approximate surface area is 148 Å². The smallest absolute Gasteiger partial charge is 0.0794 e. The number of halogens is 2. The molecule has 2 nitrogen and oxygen atoms in total. The number of fused-ring (bicyclic) bond motifs is 3. The van der Waals surface area contributed by atoms with Gasteiger partial charge in [0.1, 0.15) is 0 Å². The number of benzene rings is 2. The van der Waals surface area contributed by atoms with Crippen LogP contribution in [0.4, 0.5) is 0 Å². The van der Waals surface area contributed by atoms with Crippen LogP contribution in [0.1, 0.15) is 0 Å². The number of aliphatic hydroxyl groups excluding tert-OH is 1. The SMILES string of the molecule is CS(C)(C)CC(O)Cn1c2ccc(Cl)cc2c2cc(Cl)ccc21. The molecule has 23 heavy (non-hydrogen) atoms. The predicted octanol–water partition coefficient (Wildman–Crippen LogP) is 5.16. The lowest BCUT2D eigenvalue weighted by molar-refractivity contribution is 0.180. The van der Waals surface area contributed by atoms with Crippen LogP contribution in [0.25, 0.3) is 21.8 Å². The van der Waals surface area contributed by atoms with Gasteiger partial charge in [-0.05, 0) is 55.2 Å². The number of aromatic nitrogens is 1. The molecule has 0 radical (unpaired) electrons. The van der Waals surface area contributed by atoms with Crippen molar-refractivity contribution in [2.24, 2.45) is 0 Å². The van der Waals surface area contributed by atoms with Crippen LogP contribution in [0.15, 0.2) is 36.4 Å². The normalized spacial score (nSPS) is 14.5. The zero-order valence-corrected chi connectivity index (χ0v) is 15.8. The highest BCUT2D eigenvalue weighted by Crippen LogP contribution is 2.37. The molecular weight excluding hydrogens is 349 g/mol. The third-order valence-corrected chi connectivity index (χ3v) is 5.73. The van der Waals surface area contributed by atoms with Crippen LogP contribution in [0.5, 0.6) is 0 Å². The molecule has 1 atom stereocenters. The lowest BCUT2D eigenvalue weighted by atomic mass is 10.1. The van der Waals surface area contributed by atoms with Crippen molar-refractivity contribution in [3.63, 3.8) is 0 Å². The van der Waals surface area contributed by atoms with Crippen molar-refractivity contribution in [1.82, 2.24) is 4.57 Å². The molecule has 3 aromatic rings. The Kier molecular flexibility index (Phi) is 4.58. The molecule has 1 unspecified atom stereocenters. The summed E-state index contributed by atoms with van der Waals surface area (Å²) in [7, 11) is -0.752. The topological polar surface area (TPSA) is 25.2 Å². The zero-order chi connectivity index (χ0) is 16.8. The highest BCUT2D eigenvalue weighted by atomic mass is 35.5. The number of hydrogen-bond acceptors (Lipinski definition) is 1. The van der Waals surface area contributed by atoms with E-state index in [9.17, 15) is 5.11 Å². The molecule has 1 heterocycles. The Morgan fingerprint density at radius 3 is 1.87 bits per heavy atom. The lowest BCUT2D eigenvalue weighted by Gasteiger charge is -2.28. The van der Waals surface area contributed by atoms with Gasteiger partial charge in [-0.3, -0.25) is 0 Å². The highest BCUT2D eigenvalue weighted by Gasteiger charge is 2.17. The van der Waals surface area contributed by atoms with Crippen molar-refractivity contribution in [2.45, 2.75) is 12.6 Å². The Morgan fingerprint density at radius 1 is 0.957 bits per heavy atom. The molecule has 3 rings (SSSR count). The van der Waals surface area contributed by atoms with E-state index in [-0.39, 0.29) is 6.10 Å². The molecule has 0 spiro atoms. The minimum atomic E-state index is -0.752. The van der Waals surface area contributed by atoms with Crippen LogP contribution < -0.4 is 0 Å². The molecule has 0 aliphatic rings. The molecule has 0 amide bonds. The zero-order valence-electron chi connectivity index (χ0n) is 13.5. The molecule has 0 bridgehead atoms. The van der Waals surface area contributed by atoms with Gasteiger partial charge in [-0.2, -0.15) is 0 Å². The minimum absolute atomic E-state index is 0.366. The summed E-state index contributed by atoms with van der Waals surface area (Å²) in [6.07, 6.45) is 6.31. The standard InChI is InChI=1S/C18H21Cl2NOS/c1-23(2,3)11-14(22)10-21-17-6-4-12(19)8-15(17)16-9-13(20)5-7-18(16)21/h4-9,14,22H,10-11H2,1-3H3. The molecule has 0 saturated heterocycles. The van der Waals surface area contributed by atoms with E-state index in [1.165, 1.54) is 0 Å². The number of nitrogens with zero attached hydrogens (tertiary/aromatic N) is 1. The molecule has 5 heteroatoms. The molecule has 0 aliphatic carbocycles. The van der Waals surface area contributed by atoms with Crippen LogP contribution in [-0.2, 0) is 6.54 Å². The molecule has 124 valence electrons. The second kappa shape index (κ2) is 6.21. The Bertz CT molecular complexity index is 807. The average molecular weight is 370 g/mol. The maximum Gasteiger partial charge on any atom is 0.0794 e. The summed E-state index contributed by atoms with van der Waals surface area (Å²) in [6, 6.07) is 11.7. The summed E-state index contributed by atoms with van der Waals surface area (Å²) in [5, 5.41) is 14.1. The second-order valence-electron chi connectivity index (χ2n) is 6.84. The molecule has 0 fully saturated rings. The molecule has 2 aromatic carbocycles. The molecule has 1 N–H and O–H groups in total.